The van der Waals surface area contributed by atoms with Crippen molar-refractivity contribution in [3.05, 3.63) is 24.3 Å². The second kappa shape index (κ2) is 6.74. The predicted octanol–water partition coefficient (Wildman–Crippen LogP) is -3.85. The Balaban J connectivity index is 2.67. The van der Waals surface area contributed by atoms with Crippen molar-refractivity contribution in [2.24, 2.45) is 0 Å². The lowest BCUT2D eigenvalue weighted by molar-refractivity contribution is 0.391. The van der Waals surface area contributed by atoms with Gasteiger partial charge < -0.3 is 29.2 Å². The first kappa shape index (κ1) is 13.3. The second-order valence-corrected chi connectivity index (χ2v) is 2.85. The largest absolute Gasteiger partial charge is 0.477 e. The quantitative estimate of drug-likeness (QED) is 0.366. The zero-order valence-electron chi connectivity index (χ0n) is 8.22. The second-order valence-electron chi connectivity index (χ2n) is 2.85. The van der Waals surface area contributed by atoms with Crippen LogP contribution in [-0.2, 0) is 9.14 Å². The highest BCUT2D eigenvalue weighted by molar-refractivity contribution is 6.65. The highest BCUT2D eigenvalue weighted by Crippen LogP contribution is 1.88. The van der Waals surface area contributed by atoms with Gasteiger partial charge in [0.15, 0.2) is 0 Å². The molecule has 16 heavy (non-hydrogen) atoms. The summed E-state index contributed by atoms with van der Waals surface area (Å²) in [5.74, 6) is 0. The van der Waals surface area contributed by atoms with E-state index in [1.807, 2.05) is 0 Å². The molecule has 0 heterocycles. The van der Waals surface area contributed by atoms with Crippen molar-refractivity contribution in [1.29, 1.82) is 0 Å². The molecule has 10 heteroatoms. The maximum Gasteiger partial charge on any atom is 0.477 e. The fourth-order valence-corrected chi connectivity index (χ4v) is 1.10. The van der Waals surface area contributed by atoms with Crippen LogP contribution in [0.3, 0.4) is 0 Å². The van der Waals surface area contributed by atoms with Gasteiger partial charge in [-0.2, -0.15) is 0 Å². The first-order chi connectivity index (χ1) is 7.69. The van der Waals surface area contributed by atoms with Crippen LogP contribution in [-0.4, -0.2) is 49.7 Å². The fraction of sp³-hybridized carbons (Fsp3) is 0. The van der Waals surface area contributed by atoms with Gasteiger partial charge in [0, 0.05) is 0 Å². The van der Waals surface area contributed by atoms with Crippen LogP contribution >= 0.6 is 0 Å². The van der Waals surface area contributed by atoms with E-state index in [9.17, 15) is 10.0 Å². The van der Waals surface area contributed by atoms with Gasteiger partial charge in [0.1, 0.15) is 0 Å². The van der Waals surface area contributed by atoms with Crippen LogP contribution in [0.2, 0.25) is 0 Å². The van der Waals surface area contributed by atoms with Gasteiger partial charge in [-0.25, -0.2) is 0 Å². The molecule has 0 aliphatic carbocycles. The predicted molar refractivity (Wildman–Crippen MR) is 59.8 cm³/mol. The molecule has 6 nitrogen and oxygen atoms in total. The molecule has 2 radical (unpaired) electrons. The molecule has 0 spiro atoms. The third-order valence-corrected chi connectivity index (χ3v) is 1.89. The molecule has 80 valence electrons. The highest BCUT2D eigenvalue weighted by atomic mass is 16.5. The number of hydrogen-bond acceptors (Lipinski definition) is 6. The van der Waals surface area contributed by atoms with E-state index < -0.39 is 14.2 Å². The van der Waals surface area contributed by atoms with E-state index in [1.165, 1.54) is 24.3 Å². The summed E-state index contributed by atoms with van der Waals surface area (Å²) in [6, 6.07) is 5.92. The molecule has 1 aromatic rings. The third kappa shape index (κ3) is 3.67. The van der Waals surface area contributed by atoms with Gasteiger partial charge in [-0.15, -0.1) is 0 Å². The molecule has 0 fully saturated rings. The summed E-state index contributed by atoms with van der Waals surface area (Å²) in [6.45, 7) is 0. The number of benzene rings is 1. The van der Waals surface area contributed by atoms with Crippen LogP contribution in [0.1, 0.15) is 0 Å². The van der Waals surface area contributed by atoms with E-state index in [1.54, 1.807) is 0 Å². The van der Waals surface area contributed by atoms with Gasteiger partial charge in [-0.1, -0.05) is 24.3 Å². The van der Waals surface area contributed by atoms with Crippen LogP contribution in [0.4, 0.5) is 0 Å². The van der Waals surface area contributed by atoms with Gasteiger partial charge in [0.05, 0.1) is 0 Å². The van der Waals surface area contributed by atoms with Gasteiger partial charge >= 0.3 is 29.6 Å². The van der Waals surface area contributed by atoms with Crippen molar-refractivity contribution in [2.45, 2.75) is 0 Å². The van der Waals surface area contributed by atoms with Crippen LogP contribution in [0.15, 0.2) is 24.3 Å². The van der Waals surface area contributed by atoms with Crippen molar-refractivity contribution in [1.82, 2.24) is 0 Å². The minimum Gasteiger partial charge on any atom is -0.450 e. The molecule has 0 aromatic heterocycles. The lowest BCUT2D eigenvalue weighted by atomic mass is 9.73. The molecular weight excluding hydrogens is 211 g/mol. The molecule has 4 N–H and O–H groups in total. The molecule has 0 saturated heterocycles. The SMILES string of the molecule is O[B]OB(O)c1ccc(B(O)O[B]O)cc1. The third-order valence-electron chi connectivity index (χ3n) is 1.89. The Kier molecular flexibility index (Phi) is 5.61. The van der Waals surface area contributed by atoms with Crippen molar-refractivity contribution in [3.8, 4) is 0 Å². The Morgan fingerprint density at radius 3 is 1.38 bits per heavy atom. The summed E-state index contributed by atoms with van der Waals surface area (Å²) >= 11 is 0. The Morgan fingerprint density at radius 1 is 0.812 bits per heavy atom. The molecule has 0 saturated carbocycles. The zero-order valence-corrected chi connectivity index (χ0v) is 8.22. The normalized spacial score (nSPS) is 9.75. The van der Waals surface area contributed by atoms with Crippen molar-refractivity contribution in [2.75, 3.05) is 0 Å². The van der Waals surface area contributed by atoms with Crippen molar-refractivity contribution >= 4 is 40.5 Å². The fourth-order valence-electron chi connectivity index (χ4n) is 1.10. The standard InChI is InChI=1S/C6H8B4O6/c11-7-15-9(13)5-1-2-6(4-3-5)10(14)16-8-12/h1-4,11-14H. The van der Waals surface area contributed by atoms with Crippen LogP contribution < -0.4 is 10.9 Å². The van der Waals surface area contributed by atoms with Crippen LogP contribution in [0.25, 0.3) is 0 Å². The summed E-state index contributed by atoms with van der Waals surface area (Å²) < 4.78 is 8.84. The van der Waals surface area contributed by atoms with Gasteiger partial charge in [-0.3, -0.25) is 0 Å². The van der Waals surface area contributed by atoms with E-state index in [2.05, 4.69) is 9.14 Å². The molecular formula is C6H8B4O6. The summed E-state index contributed by atoms with van der Waals surface area (Å²) in [5, 5.41) is 35.2. The maximum atomic E-state index is 9.30. The highest BCUT2D eigenvalue weighted by Gasteiger charge is 2.19. The molecule has 1 aromatic carbocycles. The van der Waals surface area contributed by atoms with E-state index >= 15 is 0 Å². The Labute approximate surface area is 94.7 Å². The molecule has 0 unspecified atom stereocenters. The average Bonchev–Trinajstić information content (AvgIpc) is 2.30. The minimum atomic E-state index is -1.28. The van der Waals surface area contributed by atoms with E-state index in [0.29, 0.717) is 26.3 Å². The first-order valence-electron chi connectivity index (χ1n) is 4.37. The zero-order chi connectivity index (χ0) is 12.0. The Hall–Kier alpha value is -0.760. The van der Waals surface area contributed by atoms with E-state index in [-0.39, 0.29) is 0 Å². The smallest absolute Gasteiger partial charge is 0.450 e. The summed E-state index contributed by atoms with van der Waals surface area (Å²) in [5.41, 5.74) is 0.795. The van der Waals surface area contributed by atoms with Gasteiger partial charge in [0.2, 0.25) is 0 Å². The van der Waals surface area contributed by atoms with E-state index in [0.717, 1.165) is 0 Å². The number of hydrogen-bond donors (Lipinski definition) is 4. The first-order valence-corrected chi connectivity index (χ1v) is 4.37. The molecule has 0 amide bonds. The molecule has 0 aliphatic rings. The minimum absolute atomic E-state index is 0.386. The Bertz CT molecular complexity index is 277. The monoisotopic (exact) mass is 220 g/mol. The Morgan fingerprint density at radius 2 is 1.12 bits per heavy atom. The van der Waals surface area contributed by atoms with Crippen LogP contribution in [0, 0.1) is 0 Å². The van der Waals surface area contributed by atoms with Gasteiger partial charge in [0.25, 0.3) is 0 Å². The summed E-state index contributed by atoms with van der Waals surface area (Å²) in [7, 11) is -1.78. The lowest BCUT2D eigenvalue weighted by Gasteiger charge is -2.08. The average molecular weight is 219 g/mol. The molecule has 1 rings (SSSR count). The molecule has 0 bridgehead atoms. The lowest BCUT2D eigenvalue weighted by Crippen LogP contribution is -2.39. The van der Waals surface area contributed by atoms with Crippen LogP contribution in [0.5, 0.6) is 0 Å². The summed E-state index contributed by atoms with van der Waals surface area (Å²) in [4.78, 5) is 0. The van der Waals surface area contributed by atoms with Crippen molar-refractivity contribution < 1.29 is 29.2 Å². The van der Waals surface area contributed by atoms with E-state index in [4.69, 9.17) is 10.0 Å². The maximum absolute atomic E-state index is 9.30. The van der Waals surface area contributed by atoms with Gasteiger partial charge in [-0.05, 0) is 10.9 Å². The summed E-state index contributed by atoms with van der Waals surface area (Å²) in [6.07, 6.45) is 0. The molecule has 0 atom stereocenters. The number of rotatable bonds is 6. The van der Waals surface area contributed by atoms with Crippen molar-refractivity contribution in [3.63, 3.8) is 0 Å². The topological polar surface area (TPSA) is 99.4 Å². The molecule has 0 aliphatic heterocycles.